The van der Waals surface area contributed by atoms with Gasteiger partial charge in [0, 0.05) is 25.2 Å². The number of nitrogens with zero attached hydrogens (tertiary/aromatic N) is 1. The van der Waals surface area contributed by atoms with Gasteiger partial charge in [0.2, 0.25) is 17.7 Å². The highest BCUT2D eigenvalue weighted by Gasteiger charge is 2.31. The molecular weight excluding hydrogens is 276 g/mol. The number of rotatable bonds is 6. The predicted molar refractivity (Wildman–Crippen MR) is 72.7 cm³/mol. The molecule has 1 saturated heterocycles. The summed E-state index contributed by atoms with van der Waals surface area (Å²) >= 11 is 0. The molecule has 1 aromatic heterocycles. The topological polar surface area (TPSA) is 118 Å². The van der Waals surface area contributed by atoms with E-state index in [-0.39, 0.29) is 24.8 Å². The van der Waals surface area contributed by atoms with Gasteiger partial charge in [-0.15, -0.1) is 0 Å². The maximum Gasteiger partial charge on any atom is 0.237 e. The van der Waals surface area contributed by atoms with Crippen LogP contribution >= 0.6 is 0 Å². The number of furan rings is 1. The fourth-order valence-corrected chi connectivity index (χ4v) is 2.22. The number of hydrogen-bond donors (Lipinski definition) is 3. The van der Waals surface area contributed by atoms with Crippen molar-refractivity contribution < 1.29 is 18.8 Å². The van der Waals surface area contributed by atoms with Crippen LogP contribution in [0.4, 0.5) is 0 Å². The number of nitrogens with two attached hydrogens (primary N) is 1. The molecule has 4 N–H and O–H groups in total. The predicted octanol–water partition coefficient (Wildman–Crippen LogP) is -1.43. The van der Waals surface area contributed by atoms with E-state index in [1.807, 2.05) is 11.0 Å². The first-order chi connectivity index (χ1) is 10.1. The lowest BCUT2D eigenvalue weighted by Crippen LogP contribution is -2.56. The quantitative estimate of drug-likeness (QED) is 0.594. The van der Waals surface area contributed by atoms with Crippen LogP contribution in [0.5, 0.6) is 0 Å². The minimum atomic E-state index is -0.619. The molecule has 1 atom stereocenters. The lowest BCUT2D eigenvalue weighted by Gasteiger charge is -2.34. The van der Waals surface area contributed by atoms with Gasteiger partial charge in [-0.1, -0.05) is 0 Å². The van der Waals surface area contributed by atoms with E-state index in [2.05, 4.69) is 10.6 Å². The first-order valence-corrected chi connectivity index (χ1v) is 6.64. The van der Waals surface area contributed by atoms with Crippen molar-refractivity contribution in [2.24, 2.45) is 5.73 Å². The summed E-state index contributed by atoms with van der Waals surface area (Å²) in [6.45, 7) is 1.48. The summed E-state index contributed by atoms with van der Waals surface area (Å²) in [6.07, 6.45) is 3.15. The van der Waals surface area contributed by atoms with Gasteiger partial charge in [0.1, 0.15) is 0 Å². The molecule has 1 aliphatic heterocycles. The maximum absolute atomic E-state index is 12.0. The van der Waals surface area contributed by atoms with Crippen LogP contribution in [0.25, 0.3) is 0 Å². The van der Waals surface area contributed by atoms with Crippen molar-refractivity contribution in [3.05, 3.63) is 24.2 Å². The normalized spacial score (nSPS) is 19.0. The van der Waals surface area contributed by atoms with Crippen LogP contribution in [-0.4, -0.2) is 48.3 Å². The Hall–Kier alpha value is -2.35. The van der Waals surface area contributed by atoms with E-state index in [1.165, 1.54) is 0 Å². The van der Waals surface area contributed by atoms with Gasteiger partial charge in [-0.25, -0.2) is 0 Å². The van der Waals surface area contributed by atoms with Crippen molar-refractivity contribution in [3.63, 3.8) is 0 Å². The SMILES string of the molecule is NC(=O)CNC(=O)C[C@@H]1C(=O)NCCN1Cc1ccoc1. The van der Waals surface area contributed by atoms with E-state index in [1.54, 1.807) is 12.5 Å². The van der Waals surface area contributed by atoms with Crippen LogP contribution in [0, 0.1) is 0 Å². The van der Waals surface area contributed by atoms with Crippen LogP contribution in [0.2, 0.25) is 0 Å². The number of amides is 3. The molecule has 8 nitrogen and oxygen atoms in total. The van der Waals surface area contributed by atoms with Gasteiger partial charge in [0.25, 0.3) is 0 Å². The summed E-state index contributed by atoms with van der Waals surface area (Å²) < 4.78 is 5.01. The fourth-order valence-electron chi connectivity index (χ4n) is 2.22. The Bertz CT molecular complexity index is 514. The van der Waals surface area contributed by atoms with Crippen molar-refractivity contribution in [3.8, 4) is 0 Å². The molecule has 8 heteroatoms. The van der Waals surface area contributed by atoms with Gasteiger partial charge in [-0.2, -0.15) is 0 Å². The molecule has 0 bridgehead atoms. The average Bonchev–Trinajstić information content (AvgIpc) is 2.93. The smallest absolute Gasteiger partial charge is 0.237 e. The Labute approximate surface area is 121 Å². The minimum absolute atomic E-state index is 0.0169. The number of carbonyl (C=O) groups excluding carboxylic acids is 3. The molecule has 1 aliphatic rings. The Balaban J connectivity index is 1.96. The van der Waals surface area contributed by atoms with Gasteiger partial charge < -0.3 is 20.8 Å². The van der Waals surface area contributed by atoms with Gasteiger partial charge >= 0.3 is 0 Å². The van der Waals surface area contributed by atoms with E-state index in [0.29, 0.717) is 19.6 Å². The molecule has 1 aromatic rings. The molecule has 0 unspecified atom stereocenters. The first kappa shape index (κ1) is 15.0. The van der Waals surface area contributed by atoms with E-state index in [0.717, 1.165) is 5.56 Å². The number of carbonyl (C=O) groups is 3. The van der Waals surface area contributed by atoms with Crippen LogP contribution in [-0.2, 0) is 20.9 Å². The average molecular weight is 294 g/mol. The zero-order valence-corrected chi connectivity index (χ0v) is 11.5. The summed E-state index contributed by atoms with van der Waals surface area (Å²) in [4.78, 5) is 36.3. The standard InChI is InChI=1S/C13H18N4O4/c14-11(18)6-16-12(19)5-10-13(20)15-2-3-17(10)7-9-1-4-21-8-9/h1,4,8,10H,2-3,5-7H2,(H2,14,18)(H,15,20)(H,16,19)/t10-/m1/s1. The highest BCUT2D eigenvalue weighted by atomic mass is 16.3. The molecular formula is C13H18N4O4. The highest BCUT2D eigenvalue weighted by Crippen LogP contribution is 2.14. The molecule has 0 aromatic carbocycles. The van der Waals surface area contributed by atoms with Crippen LogP contribution < -0.4 is 16.4 Å². The van der Waals surface area contributed by atoms with Crippen molar-refractivity contribution >= 4 is 17.7 Å². The zero-order chi connectivity index (χ0) is 15.2. The number of primary amides is 1. The maximum atomic E-state index is 12.0. The third kappa shape index (κ3) is 4.32. The lowest BCUT2D eigenvalue weighted by atomic mass is 10.1. The van der Waals surface area contributed by atoms with Gasteiger partial charge in [-0.3, -0.25) is 19.3 Å². The fraction of sp³-hybridized carbons (Fsp3) is 0.462. The second kappa shape index (κ2) is 6.89. The molecule has 2 rings (SSSR count). The molecule has 2 heterocycles. The summed E-state index contributed by atoms with van der Waals surface area (Å²) in [6, 6.07) is 1.25. The molecule has 0 spiro atoms. The minimum Gasteiger partial charge on any atom is -0.472 e. The molecule has 21 heavy (non-hydrogen) atoms. The molecule has 114 valence electrons. The van der Waals surface area contributed by atoms with Crippen molar-refractivity contribution in [1.29, 1.82) is 0 Å². The number of nitrogens with one attached hydrogen (secondary N) is 2. The first-order valence-electron chi connectivity index (χ1n) is 6.64. The third-order valence-electron chi connectivity index (χ3n) is 3.25. The summed E-state index contributed by atoms with van der Waals surface area (Å²) in [5.74, 6) is -1.20. The highest BCUT2D eigenvalue weighted by molar-refractivity contribution is 5.90. The van der Waals surface area contributed by atoms with Gasteiger partial charge in [0.05, 0.1) is 31.5 Å². The van der Waals surface area contributed by atoms with Crippen LogP contribution in [0.3, 0.4) is 0 Å². The second-order valence-electron chi connectivity index (χ2n) is 4.86. The Kier molecular flexibility index (Phi) is 4.94. The largest absolute Gasteiger partial charge is 0.472 e. The van der Waals surface area contributed by atoms with E-state index in [9.17, 15) is 14.4 Å². The van der Waals surface area contributed by atoms with Crippen LogP contribution in [0.15, 0.2) is 23.0 Å². The molecule has 0 radical (unpaired) electrons. The zero-order valence-electron chi connectivity index (χ0n) is 11.5. The molecule has 3 amide bonds. The van der Waals surface area contributed by atoms with Gasteiger partial charge in [-0.05, 0) is 6.07 Å². The lowest BCUT2D eigenvalue weighted by molar-refractivity contribution is -0.134. The summed E-state index contributed by atoms with van der Waals surface area (Å²) in [5.41, 5.74) is 5.90. The van der Waals surface area contributed by atoms with E-state index < -0.39 is 11.9 Å². The van der Waals surface area contributed by atoms with Crippen LogP contribution in [0.1, 0.15) is 12.0 Å². The number of hydrogen-bond acceptors (Lipinski definition) is 5. The van der Waals surface area contributed by atoms with Crippen molar-refractivity contribution in [2.45, 2.75) is 19.0 Å². The van der Waals surface area contributed by atoms with Crippen molar-refractivity contribution in [1.82, 2.24) is 15.5 Å². The van der Waals surface area contributed by atoms with E-state index >= 15 is 0 Å². The summed E-state index contributed by atoms with van der Waals surface area (Å²) in [5, 5.41) is 5.13. The second-order valence-corrected chi connectivity index (χ2v) is 4.86. The van der Waals surface area contributed by atoms with Crippen molar-refractivity contribution in [2.75, 3.05) is 19.6 Å². The number of piperazine rings is 1. The molecule has 0 aliphatic carbocycles. The Morgan fingerprint density at radius 3 is 3.00 bits per heavy atom. The van der Waals surface area contributed by atoms with Gasteiger partial charge in [0.15, 0.2) is 0 Å². The Morgan fingerprint density at radius 2 is 2.33 bits per heavy atom. The monoisotopic (exact) mass is 294 g/mol. The molecule has 0 saturated carbocycles. The van der Waals surface area contributed by atoms with E-state index in [4.69, 9.17) is 10.2 Å². The molecule has 1 fully saturated rings. The third-order valence-corrected chi connectivity index (χ3v) is 3.25. The summed E-state index contributed by atoms with van der Waals surface area (Å²) in [7, 11) is 0. The Morgan fingerprint density at radius 1 is 1.52 bits per heavy atom.